The fourth-order valence-corrected chi connectivity index (χ4v) is 9.19. The summed E-state index contributed by atoms with van der Waals surface area (Å²) in [7, 11) is 2.21. The Morgan fingerprint density at radius 3 is 1.03 bits per heavy atom. The zero-order valence-corrected chi connectivity index (χ0v) is 36.3. The summed E-state index contributed by atoms with van der Waals surface area (Å²) in [5.41, 5.74) is 2.62. The van der Waals surface area contributed by atoms with Gasteiger partial charge in [-0.15, -0.1) is 0 Å². The lowest BCUT2D eigenvalue weighted by Crippen LogP contribution is -2.47. The Morgan fingerprint density at radius 1 is 0.466 bits per heavy atom. The highest BCUT2D eigenvalue weighted by atomic mass is 16.6. The summed E-state index contributed by atoms with van der Waals surface area (Å²) in [4.78, 5) is 52.3. The molecule has 2 aromatic carbocycles. The Hall–Kier alpha value is -3.68. The van der Waals surface area contributed by atoms with E-state index in [1.807, 2.05) is 24.3 Å². The second kappa shape index (κ2) is 26.4. The summed E-state index contributed by atoms with van der Waals surface area (Å²) in [5.74, 6) is -0.233. The predicted molar refractivity (Wildman–Crippen MR) is 230 cm³/mol. The van der Waals surface area contributed by atoms with Gasteiger partial charge in [0.1, 0.15) is 0 Å². The highest BCUT2D eigenvalue weighted by molar-refractivity contribution is 5.96. The van der Waals surface area contributed by atoms with E-state index >= 15 is 0 Å². The van der Waals surface area contributed by atoms with Crippen LogP contribution in [0.2, 0.25) is 0 Å². The van der Waals surface area contributed by atoms with Crippen LogP contribution in [0.25, 0.3) is 0 Å². The van der Waals surface area contributed by atoms with Crippen LogP contribution >= 0.6 is 0 Å². The molecule has 0 amide bonds. The van der Waals surface area contributed by atoms with Gasteiger partial charge in [-0.25, -0.2) is 19.2 Å². The second-order valence-corrected chi connectivity index (χ2v) is 17.3. The molecule has 58 heavy (non-hydrogen) atoms. The molecule has 0 spiro atoms. The molecule has 0 heterocycles. The molecule has 8 heteroatoms. The number of carbonyl (C=O) groups is 4. The molecule has 0 aliphatic heterocycles. The molecule has 0 radical (unpaired) electrons. The Balaban J connectivity index is 1.21. The smallest absolute Gasteiger partial charge is 0.351 e. The van der Waals surface area contributed by atoms with Crippen molar-refractivity contribution in [1.82, 2.24) is 0 Å². The molecule has 4 rings (SSSR count). The fourth-order valence-electron chi connectivity index (χ4n) is 9.19. The van der Waals surface area contributed by atoms with Crippen LogP contribution in [-0.4, -0.2) is 50.3 Å². The van der Waals surface area contributed by atoms with Crippen LogP contribution in [0.15, 0.2) is 48.5 Å². The monoisotopic (exact) mass is 803 g/mol. The first-order valence-corrected chi connectivity index (χ1v) is 23.0. The minimum absolute atomic E-state index is 0.198. The van der Waals surface area contributed by atoms with Crippen molar-refractivity contribution >= 4 is 23.9 Å². The molecular weight excluding hydrogens is 729 g/mol. The van der Waals surface area contributed by atoms with Crippen molar-refractivity contribution in [2.24, 2.45) is 23.7 Å². The highest BCUT2D eigenvalue weighted by Gasteiger charge is 2.42. The summed E-state index contributed by atoms with van der Waals surface area (Å²) in [6.45, 7) is 4.54. The maximum absolute atomic E-state index is 13.3. The Labute approximate surface area is 349 Å². The van der Waals surface area contributed by atoms with Crippen molar-refractivity contribution in [3.63, 3.8) is 0 Å². The normalized spacial score (nSPS) is 20.4. The topological polar surface area (TPSA) is 105 Å². The molecule has 2 fully saturated rings. The third kappa shape index (κ3) is 16.2. The van der Waals surface area contributed by atoms with Crippen LogP contribution in [0.3, 0.4) is 0 Å². The number of esters is 4. The van der Waals surface area contributed by atoms with Crippen LogP contribution in [-0.2, 0) is 41.4 Å². The van der Waals surface area contributed by atoms with Crippen LogP contribution in [0.1, 0.15) is 187 Å². The van der Waals surface area contributed by atoms with Gasteiger partial charge in [0.25, 0.3) is 0 Å². The molecule has 0 N–H and O–H groups in total. The number of benzene rings is 2. The third-order valence-electron chi connectivity index (χ3n) is 13.0. The van der Waals surface area contributed by atoms with Crippen LogP contribution in [0.5, 0.6) is 0 Å². The van der Waals surface area contributed by atoms with E-state index in [9.17, 15) is 19.2 Å². The lowest BCUT2D eigenvalue weighted by atomic mass is 9.78. The van der Waals surface area contributed by atoms with E-state index in [0.717, 1.165) is 74.7 Å². The van der Waals surface area contributed by atoms with Crippen molar-refractivity contribution in [2.45, 2.75) is 180 Å². The van der Waals surface area contributed by atoms with Gasteiger partial charge in [0.2, 0.25) is 12.2 Å². The first-order chi connectivity index (χ1) is 28.2. The number of unbranched alkanes of at least 4 members (excludes halogenated alkanes) is 6. The quantitative estimate of drug-likeness (QED) is 0.0555. The lowest BCUT2D eigenvalue weighted by molar-refractivity contribution is -0.170. The molecular formula is C50H74O8. The zero-order chi connectivity index (χ0) is 41.5. The molecule has 2 atom stereocenters. The Bertz CT molecular complexity index is 1370. The number of ether oxygens (including phenoxy) is 4. The largest absolute Gasteiger partial charge is 0.466 e. The molecule has 0 unspecified atom stereocenters. The van der Waals surface area contributed by atoms with Crippen molar-refractivity contribution in [1.29, 1.82) is 0 Å². The Kier molecular flexibility index (Phi) is 21.4. The van der Waals surface area contributed by atoms with E-state index in [2.05, 4.69) is 13.8 Å². The molecule has 0 aromatic heterocycles. The van der Waals surface area contributed by atoms with Crippen molar-refractivity contribution in [2.75, 3.05) is 14.2 Å². The van der Waals surface area contributed by atoms with Crippen LogP contribution < -0.4 is 0 Å². The van der Waals surface area contributed by atoms with E-state index in [0.29, 0.717) is 0 Å². The van der Waals surface area contributed by atoms with Gasteiger partial charge in [-0.1, -0.05) is 167 Å². The van der Waals surface area contributed by atoms with Gasteiger partial charge in [-0.3, -0.25) is 0 Å². The average Bonchev–Trinajstić information content (AvgIpc) is 3.26. The molecule has 8 nitrogen and oxygen atoms in total. The maximum Gasteiger partial charge on any atom is 0.351 e. The Morgan fingerprint density at radius 2 is 0.759 bits per heavy atom. The minimum atomic E-state index is -1.87. The number of carbonyl (C=O) groups excluding carboxylic acids is 4. The predicted octanol–water partition coefficient (Wildman–Crippen LogP) is 12.0. The molecule has 2 aliphatic carbocycles. The van der Waals surface area contributed by atoms with E-state index in [1.165, 1.54) is 128 Å². The van der Waals surface area contributed by atoms with Gasteiger partial charge in [-0.05, 0) is 84.7 Å². The van der Waals surface area contributed by atoms with Crippen molar-refractivity contribution < 1.29 is 38.1 Å². The summed E-state index contributed by atoms with van der Waals surface area (Å²) >= 11 is 0. The average molecular weight is 803 g/mol. The standard InChI is InChI=1S/C50H74O8/c1-5-7-9-15-37-21-25-39(26-22-37)17-11-13-19-41-29-33-43(34-30-41)47(51)57-45(49(53)55-3)46(50(54)56-4)58-48(52)44-35-31-42(32-36-44)20-14-12-18-40-27-23-38(24-28-40)16-10-8-6-2/h29-40,45-46H,5-28H2,1-4H3/t37-,38-,39-,40-,45-,46-/m1/s1. The molecule has 2 saturated carbocycles. The van der Waals surface area contributed by atoms with Gasteiger partial charge in [0.15, 0.2) is 0 Å². The van der Waals surface area contributed by atoms with E-state index < -0.39 is 36.1 Å². The second-order valence-electron chi connectivity index (χ2n) is 17.3. The molecule has 2 aromatic rings. The number of hydrogen-bond acceptors (Lipinski definition) is 8. The van der Waals surface area contributed by atoms with Crippen molar-refractivity contribution in [3.8, 4) is 0 Å². The first-order valence-electron chi connectivity index (χ1n) is 23.0. The van der Waals surface area contributed by atoms with Gasteiger partial charge in [0, 0.05) is 0 Å². The van der Waals surface area contributed by atoms with Gasteiger partial charge < -0.3 is 18.9 Å². The number of hydrogen-bond donors (Lipinski definition) is 0. The maximum atomic E-state index is 13.3. The number of methoxy groups -OCH3 is 2. The van der Waals surface area contributed by atoms with E-state index in [4.69, 9.17) is 18.9 Å². The van der Waals surface area contributed by atoms with E-state index in [-0.39, 0.29) is 11.1 Å². The van der Waals surface area contributed by atoms with Crippen LogP contribution in [0.4, 0.5) is 0 Å². The summed E-state index contributed by atoms with van der Waals surface area (Å²) < 4.78 is 20.7. The molecule has 0 bridgehead atoms. The van der Waals surface area contributed by atoms with Gasteiger partial charge in [-0.2, -0.15) is 0 Å². The molecule has 322 valence electrons. The van der Waals surface area contributed by atoms with Gasteiger partial charge in [0.05, 0.1) is 25.3 Å². The number of rotatable bonds is 25. The molecule has 2 aliphatic rings. The molecule has 0 saturated heterocycles. The third-order valence-corrected chi connectivity index (χ3v) is 13.0. The SMILES string of the molecule is CCCCC[C@H]1CC[C@H](CCCCc2ccc(C(=O)O[C@@H](C(=O)OC)[C@@H](OC(=O)c3ccc(CCCC[C@H]4CC[C@H](CCCCC)CC4)cc3)C(=O)OC)cc2)CC1. The van der Waals surface area contributed by atoms with E-state index in [1.54, 1.807) is 24.3 Å². The summed E-state index contributed by atoms with van der Waals surface area (Å²) in [6, 6.07) is 14.1. The first kappa shape index (κ1) is 47.0. The summed E-state index contributed by atoms with van der Waals surface area (Å²) in [6.07, 6.45) is 27.1. The number of aryl methyl sites for hydroxylation is 2. The lowest BCUT2D eigenvalue weighted by Gasteiger charge is -2.28. The highest BCUT2D eigenvalue weighted by Crippen LogP contribution is 2.36. The van der Waals surface area contributed by atoms with Crippen LogP contribution in [0, 0.1) is 23.7 Å². The fraction of sp³-hybridized carbons (Fsp3) is 0.680. The van der Waals surface area contributed by atoms with Crippen molar-refractivity contribution in [3.05, 3.63) is 70.8 Å². The summed E-state index contributed by atoms with van der Waals surface area (Å²) in [5, 5.41) is 0. The zero-order valence-electron chi connectivity index (χ0n) is 36.3. The van der Waals surface area contributed by atoms with Gasteiger partial charge >= 0.3 is 23.9 Å². The minimum Gasteiger partial charge on any atom is -0.466 e.